The average Bonchev–Trinajstić information content (AvgIpc) is 2.66. The maximum absolute atomic E-state index is 4.46. The molecule has 1 saturated heterocycles. The molecule has 1 aliphatic carbocycles. The summed E-state index contributed by atoms with van der Waals surface area (Å²) in [6.07, 6.45) is 7.49. The maximum Gasteiger partial charge on any atom is 0.191 e. The SMILES string of the molecule is CCCN1CCC(NC(=NC)NCC2CCCc3ccccc32)CC1.I. The highest BCUT2D eigenvalue weighted by Crippen LogP contribution is 2.30. The van der Waals surface area contributed by atoms with Crippen LogP contribution in [0.4, 0.5) is 0 Å². The third-order valence-electron chi connectivity index (χ3n) is 5.70. The number of aryl methyl sites for hydroxylation is 1. The van der Waals surface area contributed by atoms with Crippen LogP contribution in [0.5, 0.6) is 0 Å². The summed E-state index contributed by atoms with van der Waals surface area (Å²) in [5.74, 6) is 1.58. The molecule has 2 aliphatic rings. The van der Waals surface area contributed by atoms with E-state index in [0.717, 1.165) is 12.5 Å². The second kappa shape index (κ2) is 11.1. The Kier molecular flexibility index (Phi) is 9.19. The second-order valence-corrected chi connectivity index (χ2v) is 7.50. The molecule has 0 saturated carbocycles. The zero-order valence-electron chi connectivity index (χ0n) is 16.3. The molecule has 0 radical (unpaired) electrons. The van der Waals surface area contributed by atoms with Gasteiger partial charge in [0.1, 0.15) is 0 Å². The third kappa shape index (κ3) is 5.84. The van der Waals surface area contributed by atoms with Gasteiger partial charge in [-0.3, -0.25) is 4.99 Å². The number of aliphatic imine (C=N–C) groups is 1. The van der Waals surface area contributed by atoms with E-state index in [4.69, 9.17) is 0 Å². The van der Waals surface area contributed by atoms with Gasteiger partial charge >= 0.3 is 0 Å². The molecule has 0 bridgehead atoms. The lowest BCUT2D eigenvalue weighted by Crippen LogP contribution is -2.49. The highest BCUT2D eigenvalue weighted by atomic mass is 127. The van der Waals surface area contributed by atoms with E-state index in [9.17, 15) is 0 Å². The molecule has 0 amide bonds. The van der Waals surface area contributed by atoms with E-state index in [1.54, 1.807) is 0 Å². The van der Waals surface area contributed by atoms with Crippen molar-refractivity contribution in [3.05, 3.63) is 35.4 Å². The average molecular weight is 470 g/mol. The van der Waals surface area contributed by atoms with E-state index >= 15 is 0 Å². The number of guanidine groups is 1. The minimum absolute atomic E-state index is 0. The molecule has 0 spiro atoms. The molecule has 1 atom stereocenters. The van der Waals surface area contributed by atoms with E-state index in [0.29, 0.717) is 12.0 Å². The molecular formula is C21H35IN4. The number of rotatable bonds is 5. The number of fused-ring (bicyclic) bond motifs is 1. The van der Waals surface area contributed by atoms with Crippen LogP contribution in [0.2, 0.25) is 0 Å². The lowest BCUT2D eigenvalue weighted by atomic mass is 9.83. The highest BCUT2D eigenvalue weighted by molar-refractivity contribution is 14.0. The van der Waals surface area contributed by atoms with Gasteiger partial charge in [-0.25, -0.2) is 0 Å². The van der Waals surface area contributed by atoms with Gasteiger partial charge in [0.05, 0.1) is 0 Å². The first-order chi connectivity index (χ1) is 12.3. The van der Waals surface area contributed by atoms with Crippen LogP contribution >= 0.6 is 24.0 Å². The fraction of sp³-hybridized carbons (Fsp3) is 0.667. The smallest absolute Gasteiger partial charge is 0.191 e. The first-order valence-corrected chi connectivity index (χ1v) is 10.1. The Morgan fingerprint density at radius 1 is 1.19 bits per heavy atom. The zero-order valence-corrected chi connectivity index (χ0v) is 18.7. The van der Waals surface area contributed by atoms with Crippen molar-refractivity contribution in [3.8, 4) is 0 Å². The van der Waals surface area contributed by atoms with Crippen molar-refractivity contribution in [2.24, 2.45) is 4.99 Å². The van der Waals surface area contributed by atoms with Crippen LogP contribution in [0.1, 0.15) is 56.1 Å². The van der Waals surface area contributed by atoms with Gasteiger partial charge in [-0.2, -0.15) is 0 Å². The minimum Gasteiger partial charge on any atom is -0.356 e. The summed E-state index contributed by atoms with van der Waals surface area (Å²) in [4.78, 5) is 7.04. The molecule has 1 heterocycles. The fourth-order valence-electron chi connectivity index (χ4n) is 4.29. The third-order valence-corrected chi connectivity index (χ3v) is 5.70. The predicted octanol–water partition coefficient (Wildman–Crippen LogP) is 3.76. The lowest BCUT2D eigenvalue weighted by Gasteiger charge is -2.33. The monoisotopic (exact) mass is 470 g/mol. The van der Waals surface area contributed by atoms with Crippen molar-refractivity contribution >= 4 is 29.9 Å². The van der Waals surface area contributed by atoms with E-state index in [2.05, 4.69) is 51.7 Å². The van der Waals surface area contributed by atoms with Gasteiger partial charge in [0, 0.05) is 38.6 Å². The minimum atomic E-state index is 0. The van der Waals surface area contributed by atoms with E-state index in [1.807, 2.05) is 7.05 Å². The number of hydrogen-bond donors (Lipinski definition) is 2. The van der Waals surface area contributed by atoms with Crippen molar-refractivity contribution in [2.45, 2.75) is 57.4 Å². The molecule has 2 N–H and O–H groups in total. The molecule has 3 rings (SSSR count). The fourth-order valence-corrected chi connectivity index (χ4v) is 4.29. The summed E-state index contributed by atoms with van der Waals surface area (Å²) in [5.41, 5.74) is 3.07. The lowest BCUT2D eigenvalue weighted by molar-refractivity contribution is 0.206. The van der Waals surface area contributed by atoms with Gasteiger partial charge in [0.15, 0.2) is 5.96 Å². The summed E-state index contributed by atoms with van der Waals surface area (Å²) in [5, 5.41) is 7.23. The van der Waals surface area contributed by atoms with Crippen LogP contribution < -0.4 is 10.6 Å². The summed E-state index contributed by atoms with van der Waals surface area (Å²) in [7, 11) is 1.89. The van der Waals surface area contributed by atoms with E-state index < -0.39 is 0 Å². The van der Waals surface area contributed by atoms with Gasteiger partial charge < -0.3 is 15.5 Å². The molecule has 0 aromatic heterocycles. The van der Waals surface area contributed by atoms with Crippen molar-refractivity contribution in [1.29, 1.82) is 0 Å². The van der Waals surface area contributed by atoms with Crippen molar-refractivity contribution in [3.63, 3.8) is 0 Å². The van der Waals surface area contributed by atoms with Crippen molar-refractivity contribution < 1.29 is 0 Å². The van der Waals surface area contributed by atoms with Crippen molar-refractivity contribution in [1.82, 2.24) is 15.5 Å². The predicted molar refractivity (Wildman–Crippen MR) is 122 cm³/mol. The Morgan fingerprint density at radius 2 is 1.96 bits per heavy atom. The maximum atomic E-state index is 4.46. The standard InChI is InChI=1S/C21H34N4.HI/c1-3-13-25-14-11-19(12-15-25)24-21(22-2)23-16-18-9-6-8-17-7-4-5-10-20(17)18;/h4-5,7,10,18-19H,3,6,8-9,11-16H2,1-2H3,(H2,22,23,24);1H. The number of halogens is 1. The number of piperidine rings is 1. The molecule has 1 aliphatic heterocycles. The summed E-state index contributed by atoms with van der Waals surface area (Å²) in [6, 6.07) is 9.49. The summed E-state index contributed by atoms with van der Waals surface area (Å²) >= 11 is 0. The molecule has 26 heavy (non-hydrogen) atoms. The molecular weight excluding hydrogens is 435 g/mol. The van der Waals surface area contributed by atoms with Crippen LogP contribution in [0.25, 0.3) is 0 Å². The molecule has 146 valence electrons. The topological polar surface area (TPSA) is 39.7 Å². The quantitative estimate of drug-likeness (QED) is 0.391. The molecule has 4 nitrogen and oxygen atoms in total. The van der Waals surface area contributed by atoms with Gasteiger partial charge in [0.2, 0.25) is 0 Å². The molecule has 1 unspecified atom stereocenters. The Balaban J connectivity index is 0.00000243. The van der Waals surface area contributed by atoms with E-state index in [1.165, 1.54) is 69.3 Å². The number of benzene rings is 1. The van der Waals surface area contributed by atoms with Crippen LogP contribution in [0, 0.1) is 0 Å². The summed E-state index contributed by atoms with van der Waals surface area (Å²) < 4.78 is 0. The molecule has 1 aromatic rings. The summed E-state index contributed by atoms with van der Waals surface area (Å²) in [6.45, 7) is 6.89. The van der Waals surface area contributed by atoms with Crippen molar-refractivity contribution in [2.75, 3.05) is 33.2 Å². The number of likely N-dealkylation sites (tertiary alicyclic amines) is 1. The number of hydrogen-bond acceptors (Lipinski definition) is 2. The number of nitrogens with one attached hydrogen (secondary N) is 2. The molecule has 5 heteroatoms. The van der Waals surface area contributed by atoms with Gasteiger partial charge in [-0.15, -0.1) is 24.0 Å². The Hall–Kier alpha value is -0.820. The highest BCUT2D eigenvalue weighted by Gasteiger charge is 2.22. The van der Waals surface area contributed by atoms with E-state index in [-0.39, 0.29) is 24.0 Å². The first kappa shape index (κ1) is 21.5. The van der Waals surface area contributed by atoms with Crippen LogP contribution in [0.3, 0.4) is 0 Å². The molecule has 1 fully saturated rings. The second-order valence-electron chi connectivity index (χ2n) is 7.50. The van der Waals surface area contributed by atoms with Crippen LogP contribution in [0.15, 0.2) is 29.3 Å². The van der Waals surface area contributed by atoms with Crippen LogP contribution in [-0.2, 0) is 6.42 Å². The largest absolute Gasteiger partial charge is 0.356 e. The number of nitrogens with zero attached hydrogens (tertiary/aromatic N) is 2. The van der Waals surface area contributed by atoms with Gasteiger partial charge in [0.25, 0.3) is 0 Å². The normalized spacial score (nSPS) is 21.6. The molecule has 1 aromatic carbocycles. The van der Waals surface area contributed by atoms with Gasteiger partial charge in [-0.1, -0.05) is 31.2 Å². The Bertz CT molecular complexity index is 567. The zero-order chi connectivity index (χ0) is 17.5. The Morgan fingerprint density at radius 3 is 2.69 bits per heavy atom. The Labute approximate surface area is 176 Å². The van der Waals surface area contributed by atoms with Gasteiger partial charge in [-0.05, 0) is 56.2 Å². The first-order valence-electron chi connectivity index (χ1n) is 10.1. The van der Waals surface area contributed by atoms with Crippen LogP contribution in [-0.4, -0.2) is 50.1 Å².